The molecule has 128 valence electrons. The van der Waals surface area contributed by atoms with Crippen molar-refractivity contribution in [1.82, 2.24) is 9.97 Å². The summed E-state index contributed by atoms with van der Waals surface area (Å²) in [6, 6.07) is 23.3. The summed E-state index contributed by atoms with van der Waals surface area (Å²) in [5, 5.41) is 4.84. The molecule has 0 bridgehead atoms. The van der Waals surface area contributed by atoms with Crippen LogP contribution in [0, 0.1) is 0 Å². The van der Waals surface area contributed by atoms with Crippen molar-refractivity contribution in [3.63, 3.8) is 0 Å². The molecule has 1 N–H and O–H groups in total. The number of hydrogen-bond donors (Lipinski definition) is 1. The molecule has 0 aliphatic heterocycles. The number of fused-ring (bicyclic) bond motifs is 1. The fourth-order valence-corrected chi connectivity index (χ4v) is 2.95. The van der Waals surface area contributed by atoms with E-state index in [1.165, 1.54) is 0 Å². The van der Waals surface area contributed by atoms with Gasteiger partial charge in [0.2, 0.25) is 5.95 Å². The predicted octanol–water partition coefficient (Wildman–Crippen LogP) is 5.70. The summed E-state index contributed by atoms with van der Waals surface area (Å²) in [5.41, 5.74) is 3.58. The molecule has 4 rings (SSSR count). The molecule has 1 heterocycles. The van der Waals surface area contributed by atoms with E-state index in [9.17, 15) is 0 Å². The zero-order valence-corrected chi connectivity index (χ0v) is 14.9. The van der Waals surface area contributed by atoms with Crippen molar-refractivity contribution in [2.75, 3.05) is 12.4 Å². The van der Waals surface area contributed by atoms with E-state index in [-0.39, 0.29) is 0 Å². The predicted molar refractivity (Wildman–Crippen MR) is 106 cm³/mol. The maximum atomic E-state index is 6.19. The molecule has 26 heavy (non-hydrogen) atoms. The molecule has 0 amide bonds. The van der Waals surface area contributed by atoms with Gasteiger partial charge in [-0.1, -0.05) is 41.9 Å². The summed E-state index contributed by atoms with van der Waals surface area (Å²) in [5.74, 6) is 1.33. The summed E-state index contributed by atoms with van der Waals surface area (Å²) in [6.45, 7) is 0. The Morgan fingerprint density at radius 3 is 2.38 bits per heavy atom. The molecule has 1 aromatic heterocycles. The number of benzene rings is 3. The highest BCUT2D eigenvalue weighted by Gasteiger charge is 2.11. The number of methoxy groups -OCH3 is 1. The van der Waals surface area contributed by atoms with Gasteiger partial charge in [0.25, 0.3) is 0 Å². The fourth-order valence-electron chi connectivity index (χ4n) is 2.78. The van der Waals surface area contributed by atoms with Gasteiger partial charge >= 0.3 is 0 Å². The van der Waals surface area contributed by atoms with E-state index in [0.717, 1.165) is 33.6 Å². The lowest BCUT2D eigenvalue weighted by Crippen LogP contribution is -2.00. The molecular weight excluding hydrogens is 346 g/mol. The average Bonchev–Trinajstić information content (AvgIpc) is 2.69. The second-order valence-electron chi connectivity index (χ2n) is 5.78. The first-order valence-corrected chi connectivity index (χ1v) is 8.54. The minimum Gasteiger partial charge on any atom is -0.497 e. The Labute approximate surface area is 156 Å². The highest BCUT2D eigenvalue weighted by Crippen LogP contribution is 2.30. The molecule has 0 spiro atoms. The Kier molecular flexibility index (Phi) is 4.42. The summed E-state index contributed by atoms with van der Waals surface area (Å²) < 4.78 is 5.19. The summed E-state index contributed by atoms with van der Waals surface area (Å²) in [7, 11) is 1.64. The molecule has 4 nitrogen and oxygen atoms in total. The van der Waals surface area contributed by atoms with Gasteiger partial charge in [-0.15, -0.1) is 0 Å². The van der Waals surface area contributed by atoms with Gasteiger partial charge in [0.05, 0.1) is 18.3 Å². The van der Waals surface area contributed by atoms with E-state index in [0.29, 0.717) is 11.0 Å². The van der Waals surface area contributed by atoms with Crippen LogP contribution in [0.3, 0.4) is 0 Å². The molecule has 0 fully saturated rings. The molecule has 0 saturated carbocycles. The Balaban J connectivity index is 1.81. The molecule has 0 atom stereocenters. The third-order valence-electron chi connectivity index (χ3n) is 4.05. The van der Waals surface area contributed by atoms with Gasteiger partial charge in [-0.3, -0.25) is 0 Å². The standard InChI is InChI=1S/C21H16ClN3O/c1-26-17-10-8-16(9-11-17)23-21-24-19-12-7-15(22)13-18(19)20(25-21)14-5-3-2-4-6-14/h2-13H,1H3,(H,23,24,25). The normalized spacial score (nSPS) is 10.7. The van der Waals surface area contributed by atoms with Crippen LogP contribution in [0.2, 0.25) is 5.02 Å². The van der Waals surface area contributed by atoms with Gasteiger partial charge in [-0.05, 0) is 42.5 Å². The summed E-state index contributed by atoms with van der Waals surface area (Å²) in [6.07, 6.45) is 0. The van der Waals surface area contributed by atoms with Gasteiger partial charge in [-0.25, -0.2) is 9.97 Å². The first-order chi connectivity index (χ1) is 12.7. The van der Waals surface area contributed by atoms with E-state index in [1.54, 1.807) is 7.11 Å². The third kappa shape index (κ3) is 3.32. The first kappa shape index (κ1) is 16.4. The quantitative estimate of drug-likeness (QED) is 0.506. The molecule has 5 heteroatoms. The molecule has 0 saturated heterocycles. The van der Waals surface area contributed by atoms with Crippen molar-refractivity contribution in [1.29, 1.82) is 0 Å². The van der Waals surface area contributed by atoms with Crippen molar-refractivity contribution in [2.45, 2.75) is 0 Å². The molecule has 4 aromatic rings. The lowest BCUT2D eigenvalue weighted by atomic mass is 10.1. The van der Waals surface area contributed by atoms with Gasteiger partial charge in [0, 0.05) is 21.7 Å². The van der Waals surface area contributed by atoms with E-state index in [1.807, 2.05) is 72.8 Å². The van der Waals surface area contributed by atoms with Gasteiger partial charge in [0.15, 0.2) is 0 Å². The lowest BCUT2D eigenvalue weighted by Gasteiger charge is -2.11. The van der Waals surface area contributed by atoms with Crippen molar-refractivity contribution in [3.8, 4) is 17.0 Å². The van der Waals surface area contributed by atoms with Crippen LogP contribution in [0.15, 0.2) is 72.8 Å². The fraction of sp³-hybridized carbons (Fsp3) is 0.0476. The molecule has 0 radical (unpaired) electrons. The highest BCUT2D eigenvalue weighted by molar-refractivity contribution is 6.31. The number of aromatic nitrogens is 2. The molecule has 0 unspecified atom stereocenters. The van der Waals surface area contributed by atoms with Crippen molar-refractivity contribution >= 4 is 34.1 Å². The number of rotatable bonds is 4. The zero-order chi connectivity index (χ0) is 17.9. The van der Waals surface area contributed by atoms with Gasteiger partial charge in [0.1, 0.15) is 5.75 Å². The van der Waals surface area contributed by atoms with Crippen LogP contribution < -0.4 is 10.1 Å². The van der Waals surface area contributed by atoms with Crippen LogP contribution in [-0.4, -0.2) is 17.1 Å². The van der Waals surface area contributed by atoms with Crippen LogP contribution in [0.5, 0.6) is 5.75 Å². The van der Waals surface area contributed by atoms with Crippen molar-refractivity contribution < 1.29 is 4.74 Å². The number of halogens is 1. The summed E-state index contributed by atoms with van der Waals surface area (Å²) >= 11 is 6.19. The van der Waals surface area contributed by atoms with Gasteiger partial charge in [-0.2, -0.15) is 0 Å². The van der Waals surface area contributed by atoms with E-state index < -0.39 is 0 Å². The third-order valence-corrected chi connectivity index (χ3v) is 4.29. The topological polar surface area (TPSA) is 47.0 Å². The van der Waals surface area contributed by atoms with Crippen molar-refractivity contribution in [3.05, 3.63) is 77.8 Å². The van der Waals surface area contributed by atoms with Crippen LogP contribution >= 0.6 is 11.6 Å². The monoisotopic (exact) mass is 361 g/mol. The lowest BCUT2D eigenvalue weighted by molar-refractivity contribution is 0.415. The minimum absolute atomic E-state index is 0.531. The molecule has 0 aliphatic carbocycles. The van der Waals surface area contributed by atoms with E-state index in [2.05, 4.69) is 10.3 Å². The Morgan fingerprint density at radius 1 is 0.885 bits per heavy atom. The second kappa shape index (κ2) is 7.02. The van der Waals surface area contributed by atoms with Gasteiger partial charge < -0.3 is 10.1 Å². The molecule has 0 aliphatic rings. The van der Waals surface area contributed by atoms with Crippen LogP contribution in [0.25, 0.3) is 22.2 Å². The maximum absolute atomic E-state index is 6.19. The average molecular weight is 362 g/mol. The van der Waals surface area contributed by atoms with E-state index >= 15 is 0 Å². The Hall–Kier alpha value is -3.11. The SMILES string of the molecule is COc1ccc(Nc2nc(-c3ccccc3)c3cc(Cl)ccc3n2)cc1. The number of anilines is 2. The van der Waals surface area contributed by atoms with Crippen LogP contribution in [0.4, 0.5) is 11.6 Å². The van der Waals surface area contributed by atoms with Crippen LogP contribution in [-0.2, 0) is 0 Å². The smallest absolute Gasteiger partial charge is 0.228 e. The number of nitrogens with one attached hydrogen (secondary N) is 1. The van der Waals surface area contributed by atoms with E-state index in [4.69, 9.17) is 21.3 Å². The summed E-state index contributed by atoms with van der Waals surface area (Å²) in [4.78, 5) is 9.37. The number of ether oxygens (including phenoxy) is 1. The first-order valence-electron chi connectivity index (χ1n) is 8.17. The molecular formula is C21H16ClN3O. The Bertz CT molecular complexity index is 1050. The minimum atomic E-state index is 0.531. The zero-order valence-electron chi connectivity index (χ0n) is 14.1. The second-order valence-corrected chi connectivity index (χ2v) is 6.21. The maximum Gasteiger partial charge on any atom is 0.228 e. The van der Waals surface area contributed by atoms with Crippen LogP contribution in [0.1, 0.15) is 0 Å². The van der Waals surface area contributed by atoms with Crippen molar-refractivity contribution in [2.24, 2.45) is 0 Å². The largest absolute Gasteiger partial charge is 0.497 e. The Morgan fingerprint density at radius 2 is 1.65 bits per heavy atom. The highest BCUT2D eigenvalue weighted by atomic mass is 35.5. The number of nitrogens with zero attached hydrogens (tertiary/aromatic N) is 2. The number of hydrogen-bond acceptors (Lipinski definition) is 4. The molecule has 3 aromatic carbocycles.